The molecule has 0 aliphatic heterocycles. The summed E-state index contributed by atoms with van der Waals surface area (Å²) in [6.45, 7) is 4.03. The number of hydrogen-bond acceptors (Lipinski definition) is 4. The molecule has 0 radical (unpaired) electrons. The Labute approximate surface area is 156 Å². The van der Waals surface area contributed by atoms with Gasteiger partial charge in [-0.1, -0.05) is 6.07 Å². The Morgan fingerprint density at radius 1 is 1.15 bits per heavy atom. The molecule has 132 valence electrons. The molecule has 2 aliphatic rings. The van der Waals surface area contributed by atoms with Crippen molar-refractivity contribution in [3.63, 3.8) is 0 Å². The average molecular weight is 363 g/mol. The van der Waals surface area contributed by atoms with E-state index in [0.29, 0.717) is 5.92 Å². The molecule has 1 fully saturated rings. The number of aromatic nitrogens is 2. The zero-order chi connectivity index (χ0) is 17.8. The highest BCUT2D eigenvalue weighted by atomic mass is 32.1. The lowest BCUT2D eigenvalue weighted by molar-refractivity contribution is 0.103. The van der Waals surface area contributed by atoms with Crippen LogP contribution in [0.4, 0.5) is 5.69 Å². The Balaban J connectivity index is 1.49. The number of carbonyl (C=O) groups excluding carboxylic acids is 1. The van der Waals surface area contributed by atoms with Crippen molar-refractivity contribution in [2.45, 2.75) is 51.9 Å². The molecule has 0 spiro atoms. The fraction of sp³-hybridized carbons (Fsp3) is 0.381. The third kappa shape index (κ3) is 2.62. The minimum atomic E-state index is -0.0455. The number of anilines is 1. The average Bonchev–Trinajstić information content (AvgIpc) is 3.27. The summed E-state index contributed by atoms with van der Waals surface area (Å²) in [7, 11) is 0. The van der Waals surface area contributed by atoms with Gasteiger partial charge in [0, 0.05) is 17.0 Å². The van der Waals surface area contributed by atoms with Crippen molar-refractivity contribution in [3.8, 4) is 0 Å². The SMILES string of the molecule is Cc1nc(C2CC2)nc2sc(C(=O)Nc3ccc4c(c3)CCC4)c(C)c12. The zero-order valence-electron chi connectivity index (χ0n) is 15.1. The second-order valence-electron chi connectivity index (χ2n) is 7.47. The first-order valence-corrected chi connectivity index (χ1v) is 10.1. The van der Waals surface area contributed by atoms with E-state index in [4.69, 9.17) is 4.98 Å². The molecule has 1 N–H and O–H groups in total. The topological polar surface area (TPSA) is 54.9 Å². The number of rotatable bonds is 3. The fourth-order valence-corrected chi connectivity index (χ4v) is 5.07. The summed E-state index contributed by atoms with van der Waals surface area (Å²) >= 11 is 1.49. The molecule has 0 unspecified atom stereocenters. The Morgan fingerprint density at radius 2 is 1.96 bits per heavy atom. The smallest absolute Gasteiger partial charge is 0.266 e. The molecule has 1 amide bonds. The largest absolute Gasteiger partial charge is 0.321 e. The van der Waals surface area contributed by atoms with Crippen molar-refractivity contribution in [1.82, 2.24) is 9.97 Å². The van der Waals surface area contributed by atoms with Gasteiger partial charge in [-0.3, -0.25) is 4.79 Å². The number of aryl methyl sites for hydroxylation is 4. The molecule has 4 nitrogen and oxygen atoms in total. The van der Waals surface area contributed by atoms with Crippen molar-refractivity contribution in [2.24, 2.45) is 0 Å². The van der Waals surface area contributed by atoms with Gasteiger partial charge in [-0.25, -0.2) is 9.97 Å². The molecule has 0 atom stereocenters. The molecule has 2 heterocycles. The van der Waals surface area contributed by atoms with Gasteiger partial charge in [-0.15, -0.1) is 11.3 Å². The molecular weight excluding hydrogens is 342 g/mol. The van der Waals surface area contributed by atoms with Crippen LogP contribution < -0.4 is 5.32 Å². The van der Waals surface area contributed by atoms with Gasteiger partial charge < -0.3 is 5.32 Å². The van der Waals surface area contributed by atoms with E-state index in [1.165, 1.54) is 41.7 Å². The van der Waals surface area contributed by atoms with Crippen molar-refractivity contribution in [2.75, 3.05) is 5.32 Å². The van der Waals surface area contributed by atoms with E-state index in [9.17, 15) is 4.79 Å². The molecule has 2 aliphatic carbocycles. The molecule has 1 saturated carbocycles. The fourth-order valence-electron chi connectivity index (χ4n) is 3.94. The first-order chi connectivity index (χ1) is 12.6. The summed E-state index contributed by atoms with van der Waals surface area (Å²) in [5.41, 5.74) is 5.64. The summed E-state index contributed by atoms with van der Waals surface area (Å²) in [6.07, 6.45) is 5.84. The van der Waals surface area contributed by atoms with Gasteiger partial charge in [0.2, 0.25) is 0 Å². The summed E-state index contributed by atoms with van der Waals surface area (Å²) in [5, 5.41) is 4.12. The van der Waals surface area contributed by atoms with E-state index >= 15 is 0 Å². The third-order valence-electron chi connectivity index (χ3n) is 5.49. The van der Waals surface area contributed by atoms with E-state index in [1.807, 2.05) is 19.9 Å². The van der Waals surface area contributed by atoms with Gasteiger partial charge in [0.25, 0.3) is 5.91 Å². The lowest BCUT2D eigenvalue weighted by Crippen LogP contribution is -2.11. The molecule has 3 aromatic rings. The highest BCUT2D eigenvalue weighted by Gasteiger charge is 2.28. The van der Waals surface area contributed by atoms with Crippen LogP contribution in [-0.2, 0) is 12.8 Å². The third-order valence-corrected chi connectivity index (χ3v) is 6.68. The number of nitrogens with zero attached hydrogens (tertiary/aromatic N) is 2. The first kappa shape index (κ1) is 15.9. The van der Waals surface area contributed by atoms with Crippen LogP contribution in [0.3, 0.4) is 0 Å². The highest BCUT2D eigenvalue weighted by molar-refractivity contribution is 7.20. The second-order valence-corrected chi connectivity index (χ2v) is 8.47. The quantitative estimate of drug-likeness (QED) is 0.718. The molecular formula is C21H21N3OS. The lowest BCUT2D eigenvalue weighted by atomic mass is 10.1. The van der Waals surface area contributed by atoms with E-state index in [-0.39, 0.29) is 5.91 Å². The van der Waals surface area contributed by atoms with Crippen LogP contribution >= 0.6 is 11.3 Å². The standard InChI is InChI=1S/C21H21N3OS/c1-11-17-12(2)22-19(14-6-7-14)24-21(17)26-18(11)20(25)23-16-9-8-13-4-3-5-15(13)10-16/h8-10,14H,3-7H2,1-2H3,(H,23,25). The van der Waals surface area contributed by atoms with E-state index in [1.54, 1.807) is 0 Å². The van der Waals surface area contributed by atoms with Crippen LogP contribution in [0.5, 0.6) is 0 Å². The molecule has 5 rings (SSSR count). The summed E-state index contributed by atoms with van der Waals surface area (Å²) in [4.78, 5) is 24.0. The highest BCUT2D eigenvalue weighted by Crippen LogP contribution is 2.40. The van der Waals surface area contributed by atoms with Gasteiger partial charge in [0.05, 0.1) is 10.6 Å². The van der Waals surface area contributed by atoms with Crippen LogP contribution in [0.25, 0.3) is 10.2 Å². The maximum absolute atomic E-state index is 12.9. The van der Waals surface area contributed by atoms with Crippen molar-refractivity contribution < 1.29 is 4.79 Å². The van der Waals surface area contributed by atoms with E-state index < -0.39 is 0 Å². The van der Waals surface area contributed by atoms with Crippen molar-refractivity contribution in [1.29, 1.82) is 0 Å². The number of fused-ring (bicyclic) bond motifs is 2. The van der Waals surface area contributed by atoms with Crippen molar-refractivity contribution >= 4 is 33.1 Å². The van der Waals surface area contributed by atoms with Crippen LogP contribution in [0.15, 0.2) is 18.2 Å². The van der Waals surface area contributed by atoms with Gasteiger partial charge in [-0.2, -0.15) is 0 Å². The van der Waals surface area contributed by atoms with Gasteiger partial charge >= 0.3 is 0 Å². The molecule has 0 saturated heterocycles. The van der Waals surface area contributed by atoms with Gasteiger partial charge in [0.15, 0.2) is 0 Å². The second kappa shape index (κ2) is 5.88. The molecule has 5 heteroatoms. The molecule has 1 aromatic carbocycles. The Morgan fingerprint density at radius 3 is 2.77 bits per heavy atom. The minimum Gasteiger partial charge on any atom is -0.321 e. The lowest BCUT2D eigenvalue weighted by Gasteiger charge is -2.07. The summed E-state index contributed by atoms with van der Waals surface area (Å²) < 4.78 is 0. The number of benzene rings is 1. The number of amides is 1. The predicted molar refractivity (Wildman–Crippen MR) is 105 cm³/mol. The van der Waals surface area contributed by atoms with Crippen LogP contribution in [0.1, 0.15) is 63.1 Å². The number of thiophene rings is 1. The predicted octanol–water partition coefficient (Wildman–Crippen LogP) is 4.93. The van der Waals surface area contributed by atoms with Crippen LogP contribution in [0, 0.1) is 13.8 Å². The Bertz CT molecular complexity index is 1050. The van der Waals surface area contributed by atoms with Crippen LogP contribution in [0.2, 0.25) is 0 Å². The Hall–Kier alpha value is -2.27. The summed E-state index contributed by atoms with van der Waals surface area (Å²) in [5.74, 6) is 1.42. The first-order valence-electron chi connectivity index (χ1n) is 9.31. The Kier molecular flexibility index (Phi) is 3.60. The van der Waals surface area contributed by atoms with Gasteiger partial charge in [0.1, 0.15) is 10.7 Å². The minimum absolute atomic E-state index is 0.0455. The van der Waals surface area contributed by atoms with E-state index in [0.717, 1.165) is 50.7 Å². The molecule has 26 heavy (non-hydrogen) atoms. The molecule has 0 bridgehead atoms. The van der Waals surface area contributed by atoms with Crippen LogP contribution in [-0.4, -0.2) is 15.9 Å². The monoisotopic (exact) mass is 363 g/mol. The molecule has 2 aromatic heterocycles. The van der Waals surface area contributed by atoms with E-state index in [2.05, 4.69) is 22.4 Å². The van der Waals surface area contributed by atoms with Crippen molar-refractivity contribution in [3.05, 3.63) is 51.3 Å². The summed E-state index contributed by atoms with van der Waals surface area (Å²) in [6, 6.07) is 6.29. The normalized spacial score (nSPS) is 16.1. The number of carbonyl (C=O) groups is 1. The maximum atomic E-state index is 12.9. The number of nitrogens with one attached hydrogen (secondary N) is 1. The van der Waals surface area contributed by atoms with Gasteiger partial charge in [-0.05, 0) is 74.8 Å². The maximum Gasteiger partial charge on any atom is 0.266 e. The number of hydrogen-bond donors (Lipinski definition) is 1. The zero-order valence-corrected chi connectivity index (χ0v) is 15.9.